The van der Waals surface area contributed by atoms with Gasteiger partial charge in [0, 0.05) is 0 Å². The molecule has 1 atom stereocenters. The largest absolute Gasteiger partial charge is 0.529 e. The minimum absolute atomic E-state index is 0.164. The molecular formula is C2H7N3O2P+. The van der Waals surface area contributed by atoms with Gasteiger partial charge >= 0.3 is 8.03 Å². The van der Waals surface area contributed by atoms with Crippen molar-refractivity contribution in [3.63, 3.8) is 0 Å². The smallest absolute Gasteiger partial charge is 0.370 e. The van der Waals surface area contributed by atoms with Gasteiger partial charge in [-0.2, -0.15) is 4.89 Å². The van der Waals surface area contributed by atoms with E-state index in [2.05, 4.69) is 4.99 Å². The zero-order valence-corrected chi connectivity index (χ0v) is 5.01. The van der Waals surface area contributed by atoms with Crippen molar-refractivity contribution >= 4 is 14.0 Å². The van der Waals surface area contributed by atoms with Crippen molar-refractivity contribution in [3.05, 3.63) is 0 Å². The molecule has 6 heteroatoms. The van der Waals surface area contributed by atoms with Crippen molar-refractivity contribution in [1.82, 2.24) is 0 Å². The predicted octanol–water partition coefficient (Wildman–Crippen LogP) is -1.05. The topological polar surface area (TPSA) is 102 Å². The van der Waals surface area contributed by atoms with Crippen LogP contribution < -0.4 is 11.5 Å². The summed E-state index contributed by atoms with van der Waals surface area (Å²) in [4.78, 5) is 11.4. The van der Waals surface area contributed by atoms with Gasteiger partial charge in [0.25, 0.3) is 6.29 Å². The standard InChI is InChI=1S/C2H6N3O2P/c3-2(4)5-1-8(6)7/h1H2,(H4-,3,4,5,6,7)/p+1. The Bertz CT molecular complexity index is 118. The Morgan fingerprint density at radius 2 is 2.25 bits per heavy atom. The summed E-state index contributed by atoms with van der Waals surface area (Å²) < 4.78 is 9.83. The highest BCUT2D eigenvalue weighted by atomic mass is 31.1. The molecule has 0 radical (unpaired) electrons. The van der Waals surface area contributed by atoms with Crippen LogP contribution in [0.2, 0.25) is 0 Å². The normalized spacial score (nSPS) is 10.4. The fourth-order valence-electron chi connectivity index (χ4n) is 0.142. The molecule has 0 aliphatic rings. The lowest BCUT2D eigenvalue weighted by atomic mass is 11.1. The molecule has 5 N–H and O–H groups in total. The van der Waals surface area contributed by atoms with Crippen molar-refractivity contribution in [2.24, 2.45) is 16.5 Å². The summed E-state index contributed by atoms with van der Waals surface area (Å²) in [5.41, 5.74) is 9.66. The summed E-state index contributed by atoms with van der Waals surface area (Å²) >= 11 is 0. The van der Waals surface area contributed by atoms with Gasteiger partial charge in [0.2, 0.25) is 0 Å². The number of hydrogen-bond donors (Lipinski definition) is 3. The summed E-state index contributed by atoms with van der Waals surface area (Å²) in [6.07, 6.45) is -0.211. The first-order valence-corrected chi connectivity index (χ1v) is 3.21. The third kappa shape index (κ3) is 5.33. The minimum Gasteiger partial charge on any atom is -0.370 e. The van der Waals surface area contributed by atoms with Gasteiger partial charge in [-0.15, -0.1) is 0 Å². The van der Waals surface area contributed by atoms with Crippen molar-refractivity contribution in [2.75, 3.05) is 6.29 Å². The van der Waals surface area contributed by atoms with E-state index in [1.54, 1.807) is 0 Å². The molecule has 0 aromatic rings. The van der Waals surface area contributed by atoms with E-state index >= 15 is 0 Å². The van der Waals surface area contributed by atoms with E-state index in [-0.39, 0.29) is 12.2 Å². The minimum atomic E-state index is -2.23. The third-order valence-electron chi connectivity index (χ3n) is 0.374. The molecule has 0 aliphatic carbocycles. The third-order valence-corrected chi connectivity index (χ3v) is 0.758. The highest BCUT2D eigenvalue weighted by Gasteiger charge is 2.05. The summed E-state index contributed by atoms with van der Waals surface area (Å²) in [5.74, 6) is -0.164. The zero-order valence-electron chi connectivity index (χ0n) is 4.11. The van der Waals surface area contributed by atoms with E-state index in [1.807, 2.05) is 0 Å². The van der Waals surface area contributed by atoms with Crippen LogP contribution in [0.25, 0.3) is 0 Å². The quantitative estimate of drug-likeness (QED) is 0.256. The Balaban J connectivity index is 3.45. The van der Waals surface area contributed by atoms with Gasteiger partial charge in [0.05, 0.1) is 0 Å². The van der Waals surface area contributed by atoms with E-state index in [1.165, 1.54) is 0 Å². The van der Waals surface area contributed by atoms with Crippen LogP contribution in [0.4, 0.5) is 0 Å². The van der Waals surface area contributed by atoms with Crippen LogP contribution in [0.15, 0.2) is 4.99 Å². The molecule has 8 heavy (non-hydrogen) atoms. The second-order valence-electron chi connectivity index (χ2n) is 1.08. The fraction of sp³-hybridized carbons (Fsp3) is 0.500. The van der Waals surface area contributed by atoms with Crippen LogP contribution in [0, 0.1) is 0 Å². The summed E-state index contributed by atoms with van der Waals surface area (Å²) in [6.45, 7) is 0. The van der Waals surface area contributed by atoms with Gasteiger partial charge in [0.1, 0.15) is 0 Å². The molecular weight excluding hydrogens is 129 g/mol. The van der Waals surface area contributed by atoms with Crippen LogP contribution in [0.1, 0.15) is 0 Å². The van der Waals surface area contributed by atoms with E-state index in [0.717, 1.165) is 0 Å². The highest BCUT2D eigenvalue weighted by Crippen LogP contribution is 2.10. The Labute approximate surface area is 47.3 Å². The Kier molecular flexibility index (Phi) is 3.07. The molecule has 0 spiro atoms. The van der Waals surface area contributed by atoms with E-state index < -0.39 is 8.03 Å². The van der Waals surface area contributed by atoms with E-state index in [0.29, 0.717) is 0 Å². The molecule has 0 bridgehead atoms. The van der Waals surface area contributed by atoms with Gasteiger partial charge in [0.15, 0.2) is 5.96 Å². The first-order chi connectivity index (χ1) is 3.63. The number of guanidine groups is 1. The second kappa shape index (κ2) is 3.35. The average Bonchev–Trinajstić information content (AvgIpc) is 1.61. The van der Waals surface area contributed by atoms with Gasteiger partial charge in [-0.3, -0.25) is 0 Å². The fourth-order valence-corrected chi connectivity index (χ4v) is 0.426. The molecule has 0 aliphatic heterocycles. The van der Waals surface area contributed by atoms with Gasteiger partial charge in [-0.05, 0) is 4.57 Å². The number of rotatable bonds is 2. The second-order valence-corrected chi connectivity index (χ2v) is 2.06. The Morgan fingerprint density at radius 1 is 1.75 bits per heavy atom. The number of hydrogen-bond acceptors (Lipinski definition) is 2. The van der Waals surface area contributed by atoms with E-state index in [9.17, 15) is 4.57 Å². The molecule has 1 unspecified atom stereocenters. The van der Waals surface area contributed by atoms with Crippen molar-refractivity contribution < 1.29 is 9.46 Å². The maximum atomic E-state index is 9.83. The first kappa shape index (κ1) is 7.33. The van der Waals surface area contributed by atoms with Crippen LogP contribution in [-0.2, 0) is 4.57 Å². The maximum absolute atomic E-state index is 9.83. The zero-order chi connectivity index (χ0) is 6.57. The average molecular weight is 136 g/mol. The molecule has 0 rings (SSSR count). The van der Waals surface area contributed by atoms with Crippen molar-refractivity contribution in [2.45, 2.75) is 0 Å². The van der Waals surface area contributed by atoms with Crippen LogP contribution in [0.5, 0.6) is 0 Å². The van der Waals surface area contributed by atoms with Crippen molar-refractivity contribution in [1.29, 1.82) is 0 Å². The maximum Gasteiger partial charge on any atom is 0.529 e. The van der Waals surface area contributed by atoms with E-state index in [4.69, 9.17) is 16.4 Å². The molecule has 46 valence electrons. The summed E-state index contributed by atoms with van der Waals surface area (Å²) in [5, 5.41) is 0. The molecule has 0 heterocycles. The monoisotopic (exact) mass is 136 g/mol. The predicted molar refractivity (Wildman–Crippen MR) is 30.5 cm³/mol. The van der Waals surface area contributed by atoms with Gasteiger partial charge < -0.3 is 11.5 Å². The number of nitrogens with zero attached hydrogens (tertiary/aromatic N) is 1. The molecule has 0 fully saturated rings. The summed E-state index contributed by atoms with van der Waals surface area (Å²) in [7, 11) is -2.23. The Morgan fingerprint density at radius 3 is 2.38 bits per heavy atom. The molecule has 0 saturated heterocycles. The molecule has 0 aromatic carbocycles. The van der Waals surface area contributed by atoms with Crippen LogP contribution >= 0.6 is 8.03 Å². The van der Waals surface area contributed by atoms with Crippen molar-refractivity contribution in [3.8, 4) is 0 Å². The van der Waals surface area contributed by atoms with Crippen LogP contribution in [0.3, 0.4) is 0 Å². The molecule has 0 saturated carbocycles. The number of aliphatic imine (C=N–C) groups is 1. The van der Waals surface area contributed by atoms with Gasteiger partial charge in [-0.25, -0.2) is 4.99 Å². The SMILES string of the molecule is NC(N)=NC[P+](=O)O. The lowest BCUT2D eigenvalue weighted by Gasteiger charge is -1.79. The first-order valence-electron chi connectivity index (χ1n) is 1.82. The molecule has 0 amide bonds. The number of nitrogens with two attached hydrogens (primary N) is 2. The lowest BCUT2D eigenvalue weighted by Crippen LogP contribution is -2.22. The molecule has 0 aromatic heterocycles. The lowest BCUT2D eigenvalue weighted by molar-refractivity contribution is 0.503. The van der Waals surface area contributed by atoms with Gasteiger partial charge in [-0.1, -0.05) is 0 Å². The van der Waals surface area contributed by atoms with Crippen LogP contribution in [-0.4, -0.2) is 17.1 Å². The Hall–Kier alpha value is -0.670. The highest BCUT2D eigenvalue weighted by molar-refractivity contribution is 7.37. The molecule has 5 nitrogen and oxygen atoms in total. The summed E-state index contributed by atoms with van der Waals surface area (Å²) in [6, 6.07) is 0.